The molecule has 0 bridgehead atoms. The van der Waals surface area contributed by atoms with E-state index in [2.05, 4.69) is 28.5 Å². The van der Waals surface area contributed by atoms with E-state index in [0.29, 0.717) is 11.6 Å². The number of sulfonamides is 1. The van der Waals surface area contributed by atoms with Crippen LogP contribution in [-0.2, 0) is 10.0 Å². The zero-order chi connectivity index (χ0) is 15.6. The van der Waals surface area contributed by atoms with Crippen molar-refractivity contribution < 1.29 is 8.42 Å². The second kappa shape index (κ2) is 6.37. The summed E-state index contributed by atoms with van der Waals surface area (Å²) in [5.74, 6) is 0.447. The van der Waals surface area contributed by atoms with Crippen molar-refractivity contribution in [1.29, 1.82) is 0 Å². The molecule has 7 nitrogen and oxygen atoms in total. The average molecular weight is 419 g/mol. The number of nitrogens with one attached hydrogen (secondary N) is 2. The Bertz CT molecular complexity index is 825. The monoisotopic (exact) mass is 419 g/mol. The molecule has 0 radical (unpaired) electrons. The summed E-state index contributed by atoms with van der Waals surface area (Å²) in [5.41, 5.74) is 0.578. The van der Waals surface area contributed by atoms with Crippen LogP contribution in [0.4, 0.5) is 11.6 Å². The van der Waals surface area contributed by atoms with Crippen LogP contribution in [0.3, 0.4) is 0 Å². The molecule has 0 unspecified atom stereocenters. The summed E-state index contributed by atoms with van der Waals surface area (Å²) in [6.45, 7) is 0.907. The molecule has 0 fully saturated rings. The summed E-state index contributed by atoms with van der Waals surface area (Å²) >= 11 is -2.08. The van der Waals surface area contributed by atoms with Gasteiger partial charge in [0.15, 0.2) is 0 Å². The summed E-state index contributed by atoms with van der Waals surface area (Å²) in [6.07, 6.45) is 3.84. The fourth-order valence-electron chi connectivity index (χ4n) is 2.16. The van der Waals surface area contributed by atoms with E-state index in [-0.39, 0.29) is 4.90 Å². The molecule has 0 spiro atoms. The zero-order valence-electron chi connectivity index (χ0n) is 11.6. The van der Waals surface area contributed by atoms with Gasteiger partial charge in [0.05, 0.1) is 0 Å². The number of nitrogens with zero attached hydrogens (tertiary/aromatic N) is 2. The van der Waals surface area contributed by atoms with Crippen LogP contribution in [0.5, 0.6) is 0 Å². The van der Waals surface area contributed by atoms with Crippen molar-refractivity contribution >= 4 is 46.8 Å². The number of primary sulfonamides is 1. The molecule has 4 N–H and O–H groups in total. The Kier molecular flexibility index (Phi) is 4.48. The topological polar surface area (TPSA) is 110 Å². The van der Waals surface area contributed by atoms with E-state index in [4.69, 9.17) is 5.14 Å². The second-order valence-corrected chi connectivity index (χ2v) is 13.1. The Labute approximate surface area is 136 Å². The van der Waals surface area contributed by atoms with Crippen LogP contribution in [0, 0.1) is 0 Å². The van der Waals surface area contributed by atoms with Gasteiger partial charge in [0.2, 0.25) is 0 Å². The fraction of sp³-hybridized carbons (Fsp3) is 0.0769. The Morgan fingerprint density at radius 2 is 2.18 bits per heavy atom. The molecule has 0 saturated heterocycles. The van der Waals surface area contributed by atoms with Gasteiger partial charge in [0, 0.05) is 0 Å². The molecule has 0 amide bonds. The van der Waals surface area contributed by atoms with Crippen molar-refractivity contribution in [3.05, 3.63) is 46.4 Å². The third-order valence-electron chi connectivity index (χ3n) is 3.20. The van der Waals surface area contributed by atoms with Crippen molar-refractivity contribution in [2.75, 3.05) is 11.9 Å². The van der Waals surface area contributed by atoms with Crippen molar-refractivity contribution in [2.45, 2.75) is 4.90 Å². The number of rotatable bonds is 4. The third-order valence-corrected chi connectivity index (χ3v) is 10.6. The van der Waals surface area contributed by atoms with E-state index in [0.717, 1.165) is 10.00 Å². The van der Waals surface area contributed by atoms with E-state index in [1.807, 2.05) is 6.07 Å². The molecule has 1 aromatic carbocycles. The first-order chi connectivity index (χ1) is 10.5. The van der Waals surface area contributed by atoms with Crippen LogP contribution in [0.1, 0.15) is 0 Å². The molecule has 0 aliphatic carbocycles. The molecule has 22 heavy (non-hydrogen) atoms. The molecule has 3 rings (SSSR count). The van der Waals surface area contributed by atoms with E-state index in [1.54, 1.807) is 18.3 Å². The molecular formula is C13H14InN5O2S. The second-order valence-electron chi connectivity index (χ2n) is 4.82. The predicted molar refractivity (Wildman–Crippen MR) is 85.7 cm³/mol. The first kappa shape index (κ1) is 15.5. The zero-order valence-corrected chi connectivity index (χ0v) is 15.7. The molecule has 112 valence electrons. The molecule has 2 aromatic rings. The predicted octanol–water partition coefficient (Wildman–Crippen LogP) is -0.235. The number of aromatic nitrogens is 2. The summed E-state index contributed by atoms with van der Waals surface area (Å²) in [5, 5.41) is 8.15. The van der Waals surface area contributed by atoms with Crippen molar-refractivity contribution in [3.63, 3.8) is 0 Å². The summed E-state index contributed by atoms with van der Waals surface area (Å²) in [6, 6.07) is 8.19. The van der Waals surface area contributed by atoms with Gasteiger partial charge in [-0.05, 0) is 0 Å². The average Bonchev–Trinajstić information content (AvgIpc) is 3.01. The van der Waals surface area contributed by atoms with E-state index >= 15 is 0 Å². The van der Waals surface area contributed by atoms with Gasteiger partial charge >= 0.3 is 137 Å². The molecule has 0 saturated carbocycles. The van der Waals surface area contributed by atoms with Crippen LogP contribution in [0.2, 0.25) is 0 Å². The van der Waals surface area contributed by atoms with E-state index in [1.165, 1.54) is 12.1 Å². The Morgan fingerprint density at radius 1 is 1.32 bits per heavy atom. The number of hydrogen-bond acceptors (Lipinski definition) is 6. The summed E-state index contributed by atoms with van der Waals surface area (Å²) < 4.78 is 29.5. The van der Waals surface area contributed by atoms with Crippen molar-refractivity contribution in [3.8, 4) is 0 Å². The van der Waals surface area contributed by atoms with Gasteiger partial charge in [-0.3, -0.25) is 0 Å². The SMILES string of the molecule is NS(=O)(=O)c1cccc(Nc2ncc[c]([In]3[CH]=CC[NH]3)n2)c1. The number of benzene rings is 1. The minimum absolute atomic E-state index is 0.0493. The third kappa shape index (κ3) is 3.67. The van der Waals surface area contributed by atoms with Crippen LogP contribution in [0.15, 0.2) is 51.3 Å². The van der Waals surface area contributed by atoms with Gasteiger partial charge in [-0.25, -0.2) is 0 Å². The van der Waals surface area contributed by atoms with Crippen LogP contribution in [-0.4, -0.2) is 46.7 Å². The Morgan fingerprint density at radius 3 is 2.91 bits per heavy atom. The maximum absolute atomic E-state index is 11.4. The molecule has 1 aliphatic rings. The normalized spacial score (nSPS) is 14.3. The number of anilines is 2. The van der Waals surface area contributed by atoms with Gasteiger partial charge in [-0.15, -0.1) is 0 Å². The van der Waals surface area contributed by atoms with Crippen LogP contribution >= 0.6 is 0 Å². The quantitative estimate of drug-likeness (QED) is 0.632. The van der Waals surface area contributed by atoms with E-state index < -0.39 is 31.7 Å². The van der Waals surface area contributed by atoms with Gasteiger partial charge < -0.3 is 0 Å². The van der Waals surface area contributed by atoms with Gasteiger partial charge in [-0.1, -0.05) is 0 Å². The van der Waals surface area contributed by atoms with Gasteiger partial charge in [0.25, 0.3) is 0 Å². The Hall–Kier alpha value is -1.42. The van der Waals surface area contributed by atoms with Crippen molar-refractivity contribution in [1.82, 2.24) is 13.3 Å². The molecule has 0 atom stereocenters. The molecule has 9 heteroatoms. The van der Waals surface area contributed by atoms with Gasteiger partial charge in [-0.2, -0.15) is 0 Å². The van der Waals surface area contributed by atoms with E-state index in [9.17, 15) is 8.42 Å². The van der Waals surface area contributed by atoms with Gasteiger partial charge in [0.1, 0.15) is 0 Å². The molecule has 1 aliphatic heterocycles. The molecular weight excluding hydrogens is 405 g/mol. The standard InChI is InChI=1S/C10H9N4O2S.C3H5N.In/c11-17(15,16)9-4-1-3-8(7-9)14-10-12-5-2-6-13-10;1-2-3-4;/h1-5,7H,(H2,11,15,16)(H,12,13,14);1-2,4H,3H2;/q;-1;+1. The molecule has 1 aromatic heterocycles. The Balaban J connectivity index is 1.84. The van der Waals surface area contributed by atoms with Crippen LogP contribution < -0.4 is 17.2 Å². The maximum atomic E-state index is 11.4. The summed E-state index contributed by atoms with van der Waals surface area (Å²) in [4.78, 5) is 8.74. The summed E-state index contributed by atoms with van der Waals surface area (Å²) in [7, 11) is -3.73. The molecule has 2 heterocycles. The van der Waals surface area contributed by atoms with Crippen molar-refractivity contribution in [2.24, 2.45) is 5.14 Å². The van der Waals surface area contributed by atoms with Crippen LogP contribution in [0.25, 0.3) is 0 Å². The number of hydrogen-bond donors (Lipinski definition) is 3. The fourth-order valence-corrected chi connectivity index (χ4v) is 8.13. The first-order valence-electron chi connectivity index (χ1n) is 6.65. The minimum atomic E-state index is -3.73. The number of nitrogens with two attached hydrogens (primary N) is 1. The first-order valence-corrected chi connectivity index (χ1v) is 13.4.